The molecular weight excluding hydrogens is 274 g/mol. The maximum absolute atomic E-state index is 10.6. The van der Waals surface area contributed by atoms with Crippen molar-refractivity contribution in [1.82, 2.24) is 4.98 Å². The number of aryl methyl sites for hydroxylation is 1. The molecule has 1 aromatic heterocycles. The first-order valence-corrected chi connectivity index (χ1v) is 8.24. The average Bonchev–Trinajstić information content (AvgIpc) is 2.89. The van der Waals surface area contributed by atoms with Gasteiger partial charge in [0.05, 0.1) is 12.1 Å². The maximum Gasteiger partial charge on any atom is 0.303 e. The number of aromatic nitrogens is 1. The van der Waals surface area contributed by atoms with Gasteiger partial charge in [-0.1, -0.05) is 6.92 Å². The van der Waals surface area contributed by atoms with Crippen molar-refractivity contribution in [3.63, 3.8) is 0 Å². The molecule has 0 atom stereocenters. The summed E-state index contributed by atoms with van der Waals surface area (Å²) in [6.45, 7) is 5.01. The lowest BCUT2D eigenvalue weighted by atomic mass is 9.79. The maximum atomic E-state index is 10.6. The number of aliphatic carboxylic acids is 1. The molecule has 0 saturated heterocycles. The topological polar surface area (TPSA) is 59.4 Å². The quantitative estimate of drug-likeness (QED) is 0.871. The normalized spacial score (nSPS) is 26.6. The van der Waals surface area contributed by atoms with Gasteiger partial charge >= 0.3 is 5.97 Å². The third-order valence-corrected chi connectivity index (χ3v) is 5.12. The molecule has 1 aliphatic carbocycles. The van der Waals surface area contributed by atoms with Crippen LogP contribution in [0, 0.1) is 5.92 Å². The van der Waals surface area contributed by atoms with Gasteiger partial charge in [0.1, 0.15) is 10.6 Å². The first-order valence-electron chi connectivity index (χ1n) is 7.36. The Labute approximate surface area is 124 Å². The number of rotatable bonds is 6. The summed E-state index contributed by atoms with van der Waals surface area (Å²) < 4.78 is 6.08. The smallest absolute Gasteiger partial charge is 0.303 e. The van der Waals surface area contributed by atoms with Gasteiger partial charge in [-0.05, 0) is 38.5 Å². The summed E-state index contributed by atoms with van der Waals surface area (Å²) >= 11 is 1.62. The summed E-state index contributed by atoms with van der Waals surface area (Å²) in [6.07, 6.45) is 5.03. The Morgan fingerprint density at radius 3 is 2.85 bits per heavy atom. The number of carboxylic acid groups (broad SMARTS) is 1. The number of hydrogen-bond acceptors (Lipinski definition) is 4. The van der Waals surface area contributed by atoms with Gasteiger partial charge in [0.2, 0.25) is 0 Å². The van der Waals surface area contributed by atoms with Crippen LogP contribution >= 0.6 is 11.3 Å². The summed E-state index contributed by atoms with van der Waals surface area (Å²) in [5, 5.41) is 11.8. The van der Waals surface area contributed by atoms with E-state index in [1.165, 1.54) is 12.8 Å². The lowest BCUT2D eigenvalue weighted by Gasteiger charge is -2.37. The van der Waals surface area contributed by atoms with Crippen LogP contribution in [-0.4, -0.2) is 22.7 Å². The number of nitrogens with zero attached hydrogens (tertiary/aromatic N) is 1. The lowest BCUT2D eigenvalue weighted by molar-refractivity contribution is -0.136. The molecule has 0 aliphatic heterocycles. The van der Waals surface area contributed by atoms with Crippen LogP contribution in [0.15, 0.2) is 5.38 Å². The zero-order chi connectivity index (χ0) is 14.6. The molecule has 0 spiro atoms. The molecule has 1 aliphatic rings. The van der Waals surface area contributed by atoms with Gasteiger partial charge in [-0.25, -0.2) is 4.98 Å². The van der Waals surface area contributed by atoms with E-state index in [2.05, 4.69) is 11.9 Å². The summed E-state index contributed by atoms with van der Waals surface area (Å²) in [5.41, 5.74) is 0.651. The lowest BCUT2D eigenvalue weighted by Crippen LogP contribution is -2.34. The molecule has 0 unspecified atom stereocenters. The molecular formula is C15H23NO3S. The fourth-order valence-corrected chi connectivity index (χ4v) is 3.86. The van der Waals surface area contributed by atoms with Crippen molar-refractivity contribution in [2.75, 3.05) is 6.61 Å². The Kier molecular flexibility index (Phi) is 5.16. The van der Waals surface area contributed by atoms with E-state index in [0.29, 0.717) is 13.0 Å². The standard InChI is InChI=1S/C15H23NO3S/c1-3-19-15(8-6-11(2)7-9-15)14-16-12(10-20-14)4-5-13(17)18/h10-11H,3-9H2,1-2H3,(H,17,18). The van der Waals surface area contributed by atoms with Gasteiger partial charge < -0.3 is 9.84 Å². The van der Waals surface area contributed by atoms with E-state index in [0.717, 1.165) is 29.5 Å². The summed E-state index contributed by atoms with van der Waals surface area (Å²) in [4.78, 5) is 15.3. The van der Waals surface area contributed by atoms with E-state index < -0.39 is 5.97 Å². The van der Waals surface area contributed by atoms with Crippen molar-refractivity contribution in [3.05, 3.63) is 16.1 Å². The highest BCUT2D eigenvalue weighted by atomic mass is 32.1. The largest absolute Gasteiger partial charge is 0.481 e. The van der Waals surface area contributed by atoms with Crippen LogP contribution in [0.5, 0.6) is 0 Å². The van der Waals surface area contributed by atoms with Crippen LogP contribution in [0.3, 0.4) is 0 Å². The molecule has 0 bridgehead atoms. The molecule has 5 heteroatoms. The second kappa shape index (κ2) is 6.68. The first-order chi connectivity index (χ1) is 9.55. The van der Waals surface area contributed by atoms with Gasteiger partial charge in [-0.2, -0.15) is 0 Å². The molecule has 112 valence electrons. The number of ether oxygens (including phenoxy) is 1. The van der Waals surface area contributed by atoms with E-state index in [1.54, 1.807) is 11.3 Å². The molecule has 1 aromatic rings. The number of thiazole rings is 1. The number of carbonyl (C=O) groups is 1. The third kappa shape index (κ3) is 3.58. The van der Waals surface area contributed by atoms with E-state index in [-0.39, 0.29) is 12.0 Å². The number of hydrogen-bond donors (Lipinski definition) is 1. The molecule has 0 aromatic carbocycles. The van der Waals surface area contributed by atoms with Crippen molar-refractivity contribution < 1.29 is 14.6 Å². The molecule has 1 saturated carbocycles. The zero-order valence-electron chi connectivity index (χ0n) is 12.2. The van der Waals surface area contributed by atoms with E-state index in [1.807, 2.05) is 12.3 Å². The molecule has 0 amide bonds. The fraction of sp³-hybridized carbons (Fsp3) is 0.733. The van der Waals surface area contributed by atoms with Crippen LogP contribution in [0.25, 0.3) is 0 Å². The molecule has 1 N–H and O–H groups in total. The van der Waals surface area contributed by atoms with Gasteiger partial charge in [0, 0.05) is 18.4 Å². The van der Waals surface area contributed by atoms with Crippen LogP contribution in [0.4, 0.5) is 0 Å². The molecule has 0 radical (unpaired) electrons. The van der Waals surface area contributed by atoms with Gasteiger partial charge in [-0.3, -0.25) is 4.79 Å². The Hall–Kier alpha value is -0.940. The Morgan fingerprint density at radius 1 is 1.55 bits per heavy atom. The summed E-state index contributed by atoms with van der Waals surface area (Å²) in [6, 6.07) is 0. The average molecular weight is 297 g/mol. The minimum Gasteiger partial charge on any atom is -0.481 e. The van der Waals surface area contributed by atoms with E-state index in [4.69, 9.17) is 9.84 Å². The second-order valence-corrected chi connectivity index (χ2v) is 6.51. The monoisotopic (exact) mass is 297 g/mol. The van der Waals surface area contributed by atoms with Crippen LogP contribution in [0.2, 0.25) is 0 Å². The Morgan fingerprint density at radius 2 is 2.25 bits per heavy atom. The second-order valence-electron chi connectivity index (χ2n) is 5.65. The summed E-state index contributed by atoms with van der Waals surface area (Å²) in [5.74, 6) is -0.0133. The van der Waals surface area contributed by atoms with Gasteiger partial charge in [0.25, 0.3) is 0 Å². The molecule has 2 rings (SSSR count). The summed E-state index contributed by atoms with van der Waals surface area (Å²) in [7, 11) is 0. The van der Waals surface area contributed by atoms with Crippen LogP contribution in [0.1, 0.15) is 56.7 Å². The van der Waals surface area contributed by atoms with Gasteiger partial charge in [-0.15, -0.1) is 11.3 Å². The SMILES string of the molecule is CCOC1(c2nc(CCC(=O)O)cs2)CCC(C)CC1. The molecule has 4 nitrogen and oxygen atoms in total. The minimum atomic E-state index is -0.773. The highest BCUT2D eigenvalue weighted by Gasteiger charge is 2.39. The molecule has 1 fully saturated rings. The third-order valence-electron chi connectivity index (χ3n) is 4.04. The van der Waals surface area contributed by atoms with Gasteiger partial charge in [0.15, 0.2) is 0 Å². The highest BCUT2D eigenvalue weighted by Crippen LogP contribution is 2.43. The predicted molar refractivity (Wildman–Crippen MR) is 79.0 cm³/mol. The highest BCUT2D eigenvalue weighted by molar-refractivity contribution is 7.09. The molecule has 20 heavy (non-hydrogen) atoms. The van der Waals surface area contributed by atoms with E-state index >= 15 is 0 Å². The van der Waals surface area contributed by atoms with Crippen molar-refractivity contribution in [2.45, 2.75) is 58.0 Å². The van der Waals surface area contributed by atoms with Crippen molar-refractivity contribution in [1.29, 1.82) is 0 Å². The fourth-order valence-electron chi connectivity index (χ4n) is 2.79. The molecule has 1 heterocycles. The Bertz CT molecular complexity index is 450. The first kappa shape index (κ1) is 15.4. The van der Waals surface area contributed by atoms with Crippen LogP contribution in [-0.2, 0) is 21.6 Å². The van der Waals surface area contributed by atoms with Crippen molar-refractivity contribution in [2.24, 2.45) is 5.92 Å². The van der Waals surface area contributed by atoms with Crippen LogP contribution < -0.4 is 0 Å². The predicted octanol–water partition coefficient (Wildman–Crippen LogP) is 3.60. The Balaban J connectivity index is 2.11. The van der Waals surface area contributed by atoms with Crippen molar-refractivity contribution >= 4 is 17.3 Å². The minimum absolute atomic E-state index is 0.141. The van der Waals surface area contributed by atoms with Crippen molar-refractivity contribution in [3.8, 4) is 0 Å². The zero-order valence-corrected chi connectivity index (χ0v) is 13.0. The van der Waals surface area contributed by atoms with E-state index in [9.17, 15) is 4.79 Å². The number of carboxylic acids is 1.